The van der Waals surface area contributed by atoms with Gasteiger partial charge in [-0.3, -0.25) is 10.1 Å². The van der Waals surface area contributed by atoms with E-state index in [1.165, 1.54) is 0 Å². The van der Waals surface area contributed by atoms with Gasteiger partial charge in [0.1, 0.15) is 5.69 Å². The molecule has 0 aliphatic rings. The van der Waals surface area contributed by atoms with Gasteiger partial charge in [0.15, 0.2) is 0 Å². The molecule has 118 valence electrons. The first-order valence-corrected chi connectivity index (χ1v) is 7.13. The van der Waals surface area contributed by atoms with Gasteiger partial charge in [-0.05, 0) is 31.9 Å². The first kappa shape index (κ1) is 17.2. The molecular formula is C14H23N3O4. The predicted octanol–water partition coefficient (Wildman–Crippen LogP) is 1.60. The SMILES string of the molecule is CCN(CCCO)c1ccc(NCCCO)c([N+](=O)[O-])c1. The number of nitro groups is 1. The fourth-order valence-corrected chi connectivity index (χ4v) is 2.05. The van der Waals surface area contributed by atoms with Gasteiger partial charge in [-0.15, -0.1) is 0 Å². The molecule has 21 heavy (non-hydrogen) atoms. The van der Waals surface area contributed by atoms with Crippen molar-refractivity contribution in [2.45, 2.75) is 19.8 Å². The van der Waals surface area contributed by atoms with Crippen LogP contribution in [-0.4, -0.2) is 48.0 Å². The molecule has 0 amide bonds. The summed E-state index contributed by atoms with van der Waals surface area (Å²) in [6.45, 7) is 3.97. The molecule has 0 aliphatic heterocycles. The molecule has 0 bridgehead atoms. The van der Waals surface area contributed by atoms with E-state index < -0.39 is 4.92 Å². The number of hydrogen-bond acceptors (Lipinski definition) is 6. The Bertz CT molecular complexity index is 454. The van der Waals surface area contributed by atoms with E-state index in [-0.39, 0.29) is 18.9 Å². The summed E-state index contributed by atoms with van der Waals surface area (Å²) < 4.78 is 0. The highest BCUT2D eigenvalue weighted by Crippen LogP contribution is 2.29. The Labute approximate surface area is 124 Å². The van der Waals surface area contributed by atoms with Crippen LogP contribution in [0.1, 0.15) is 19.8 Å². The van der Waals surface area contributed by atoms with Gasteiger partial charge in [0, 0.05) is 44.6 Å². The zero-order valence-corrected chi connectivity index (χ0v) is 12.3. The lowest BCUT2D eigenvalue weighted by Gasteiger charge is -2.23. The Morgan fingerprint density at radius 2 is 2.00 bits per heavy atom. The van der Waals surface area contributed by atoms with Crippen molar-refractivity contribution in [3.05, 3.63) is 28.3 Å². The van der Waals surface area contributed by atoms with Gasteiger partial charge in [0.05, 0.1) is 4.92 Å². The molecule has 0 aliphatic carbocycles. The average molecular weight is 297 g/mol. The molecule has 7 heteroatoms. The molecular weight excluding hydrogens is 274 g/mol. The summed E-state index contributed by atoms with van der Waals surface area (Å²) in [6.07, 6.45) is 1.16. The van der Waals surface area contributed by atoms with Crippen LogP contribution in [0.5, 0.6) is 0 Å². The van der Waals surface area contributed by atoms with E-state index in [0.29, 0.717) is 38.2 Å². The number of nitrogens with zero attached hydrogens (tertiary/aromatic N) is 2. The highest BCUT2D eigenvalue weighted by Gasteiger charge is 2.16. The van der Waals surface area contributed by atoms with Crippen molar-refractivity contribution in [3.8, 4) is 0 Å². The van der Waals surface area contributed by atoms with E-state index in [0.717, 1.165) is 5.69 Å². The Morgan fingerprint density at radius 1 is 1.29 bits per heavy atom. The molecule has 0 unspecified atom stereocenters. The smallest absolute Gasteiger partial charge is 0.294 e. The third-order valence-electron chi connectivity index (χ3n) is 3.16. The molecule has 0 radical (unpaired) electrons. The number of aliphatic hydroxyl groups is 2. The number of anilines is 2. The van der Waals surface area contributed by atoms with E-state index in [4.69, 9.17) is 10.2 Å². The quantitative estimate of drug-likeness (QED) is 0.345. The van der Waals surface area contributed by atoms with Crippen molar-refractivity contribution in [1.29, 1.82) is 0 Å². The van der Waals surface area contributed by atoms with Crippen LogP contribution < -0.4 is 10.2 Å². The molecule has 7 nitrogen and oxygen atoms in total. The number of benzene rings is 1. The van der Waals surface area contributed by atoms with E-state index >= 15 is 0 Å². The van der Waals surface area contributed by atoms with Crippen molar-refractivity contribution in [3.63, 3.8) is 0 Å². The van der Waals surface area contributed by atoms with E-state index in [1.807, 2.05) is 17.9 Å². The lowest BCUT2D eigenvalue weighted by molar-refractivity contribution is -0.383. The Morgan fingerprint density at radius 3 is 2.57 bits per heavy atom. The monoisotopic (exact) mass is 297 g/mol. The second-order valence-electron chi connectivity index (χ2n) is 4.62. The highest BCUT2D eigenvalue weighted by atomic mass is 16.6. The minimum atomic E-state index is -0.412. The minimum Gasteiger partial charge on any atom is -0.396 e. The summed E-state index contributed by atoms with van der Waals surface area (Å²) in [5.74, 6) is 0. The van der Waals surface area contributed by atoms with Crippen LogP contribution in [0, 0.1) is 10.1 Å². The first-order valence-electron chi connectivity index (χ1n) is 7.13. The van der Waals surface area contributed by atoms with Crippen LogP contribution in [-0.2, 0) is 0 Å². The van der Waals surface area contributed by atoms with Gasteiger partial charge in [0.25, 0.3) is 5.69 Å². The van der Waals surface area contributed by atoms with Gasteiger partial charge in [0.2, 0.25) is 0 Å². The zero-order chi connectivity index (χ0) is 15.7. The summed E-state index contributed by atoms with van der Waals surface area (Å²) in [5, 5.41) is 31.8. The van der Waals surface area contributed by atoms with Crippen molar-refractivity contribution >= 4 is 17.1 Å². The molecule has 0 fully saturated rings. The van der Waals surface area contributed by atoms with E-state index in [2.05, 4.69) is 5.32 Å². The number of hydrogen-bond donors (Lipinski definition) is 3. The maximum Gasteiger partial charge on any atom is 0.294 e. The maximum atomic E-state index is 11.2. The van der Waals surface area contributed by atoms with Crippen LogP contribution in [0.3, 0.4) is 0 Å². The average Bonchev–Trinajstić information content (AvgIpc) is 2.49. The fourth-order valence-electron chi connectivity index (χ4n) is 2.05. The first-order chi connectivity index (χ1) is 10.1. The number of nitro benzene ring substituents is 1. The van der Waals surface area contributed by atoms with Crippen LogP contribution in [0.2, 0.25) is 0 Å². The molecule has 0 saturated heterocycles. The predicted molar refractivity (Wildman–Crippen MR) is 82.9 cm³/mol. The lowest BCUT2D eigenvalue weighted by atomic mass is 10.2. The third kappa shape index (κ3) is 5.20. The molecule has 1 aromatic carbocycles. The Hall–Kier alpha value is -1.86. The topological polar surface area (TPSA) is 98.9 Å². The highest BCUT2D eigenvalue weighted by molar-refractivity contribution is 5.68. The Kier molecular flexibility index (Phi) is 7.49. The zero-order valence-electron chi connectivity index (χ0n) is 12.3. The second-order valence-corrected chi connectivity index (χ2v) is 4.62. The lowest BCUT2D eigenvalue weighted by Crippen LogP contribution is -2.24. The summed E-state index contributed by atoms with van der Waals surface area (Å²) >= 11 is 0. The molecule has 0 heterocycles. The summed E-state index contributed by atoms with van der Waals surface area (Å²) in [7, 11) is 0. The van der Waals surface area contributed by atoms with Gasteiger partial charge in [-0.1, -0.05) is 0 Å². The summed E-state index contributed by atoms with van der Waals surface area (Å²) in [4.78, 5) is 12.8. The fraction of sp³-hybridized carbons (Fsp3) is 0.571. The molecule has 1 aromatic rings. The van der Waals surface area contributed by atoms with Gasteiger partial charge in [-0.25, -0.2) is 0 Å². The molecule has 0 spiro atoms. The van der Waals surface area contributed by atoms with Crippen LogP contribution in [0.25, 0.3) is 0 Å². The van der Waals surface area contributed by atoms with E-state index in [9.17, 15) is 10.1 Å². The van der Waals surface area contributed by atoms with Crippen molar-refractivity contribution in [2.24, 2.45) is 0 Å². The standard InChI is InChI=1S/C14H23N3O4/c1-2-16(8-4-10-19)12-5-6-13(15-7-3-9-18)14(11-12)17(20)21/h5-6,11,15,18-19H,2-4,7-10H2,1H3. The third-order valence-corrected chi connectivity index (χ3v) is 3.16. The van der Waals surface area contributed by atoms with Gasteiger partial charge >= 0.3 is 0 Å². The normalized spacial score (nSPS) is 10.4. The van der Waals surface area contributed by atoms with Crippen LogP contribution in [0.4, 0.5) is 17.1 Å². The summed E-state index contributed by atoms with van der Waals surface area (Å²) in [6, 6.07) is 5.06. The van der Waals surface area contributed by atoms with Crippen molar-refractivity contribution in [1.82, 2.24) is 0 Å². The van der Waals surface area contributed by atoms with Crippen molar-refractivity contribution < 1.29 is 15.1 Å². The van der Waals surface area contributed by atoms with Gasteiger partial charge in [-0.2, -0.15) is 0 Å². The number of rotatable bonds is 10. The molecule has 0 atom stereocenters. The number of nitrogens with one attached hydrogen (secondary N) is 1. The molecule has 0 aromatic heterocycles. The second kappa shape index (κ2) is 9.15. The molecule has 3 N–H and O–H groups in total. The van der Waals surface area contributed by atoms with Crippen LogP contribution >= 0.6 is 0 Å². The van der Waals surface area contributed by atoms with E-state index in [1.54, 1.807) is 12.1 Å². The minimum absolute atomic E-state index is 0.0212. The van der Waals surface area contributed by atoms with Crippen LogP contribution in [0.15, 0.2) is 18.2 Å². The van der Waals surface area contributed by atoms with Crippen molar-refractivity contribution in [2.75, 3.05) is 43.1 Å². The maximum absolute atomic E-state index is 11.2. The Balaban J connectivity index is 2.93. The molecule has 0 saturated carbocycles. The summed E-state index contributed by atoms with van der Waals surface area (Å²) in [5.41, 5.74) is 1.24. The largest absolute Gasteiger partial charge is 0.396 e. The molecule has 1 rings (SSSR count). The van der Waals surface area contributed by atoms with Gasteiger partial charge < -0.3 is 20.4 Å². The number of aliphatic hydroxyl groups excluding tert-OH is 2.